The monoisotopic (exact) mass is 308 g/mol. The van der Waals surface area contributed by atoms with Gasteiger partial charge in [0.1, 0.15) is 0 Å². The van der Waals surface area contributed by atoms with E-state index in [1.807, 2.05) is 74.6 Å². The minimum absolute atomic E-state index is 0.151. The summed E-state index contributed by atoms with van der Waals surface area (Å²) in [5.74, 6) is 0.151. The van der Waals surface area contributed by atoms with Crippen LogP contribution in [-0.2, 0) is 6.42 Å². The first-order valence-electron chi connectivity index (χ1n) is 7.94. The molecule has 0 atom stereocenters. The van der Waals surface area contributed by atoms with Crippen LogP contribution < -0.4 is 0 Å². The van der Waals surface area contributed by atoms with E-state index in [0.717, 1.165) is 34.5 Å². The summed E-state index contributed by atoms with van der Waals surface area (Å²) in [5.41, 5.74) is 4.82. The van der Waals surface area contributed by atoms with Crippen molar-refractivity contribution in [3.05, 3.63) is 64.7 Å². The van der Waals surface area contributed by atoms with E-state index in [4.69, 9.17) is 0 Å². The summed E-state index contributed by atoms with van der Waals surface area (Å²) in [4.78, 5) is 19.1. The highest BCUT2D eigenvalue weighted by atomic mass is 16.1. The van der Waals surface area contributed by atoms with Crippen molar-refractivity contribution in [3.63, 3.8) is 0 Å². The molecule has 0 N–H and O–H groups in total. The van der Waals surface area contributed by atoms with Gasteiger partial charge in [-0.1, -0.05) is 30.3 Å². The molecule has 0 radical (unpaired) electrons. The second kappa shape index (κ2) is 7.73. The Hall–Kier alpha value is -2.42. The zero-order chi connectivity index (χ0) is 16.8. The number of hydrogen-bond acceptors (Lipinski definition) is 2. The van der Waals surface area contributed by atoms with Crippen LogP contribution >= 0.6 is 0 Å². The molecule has 0 heterocycles. The van der Waals surface area contributed by atoms with Gasteiger partial charge in [0, 0.05) is 25.6 Å². The minimum Gasteiger partial charge on any atom is -0.366 e. The van der Waals surface area contributed by atoms with E-state index in [1.165, 1.54) is 0 Å². The Labute approximate surface area is 138 Å². The number of nitrogens with zero attached hydrogens (tertiary/aromatic N) is 2. The lowest BCUT2D eigenvalue weighted by atomic mass is 9.95. The second-order valence-electron chi connectivity index (χ2n) is 5.79. The molecule has 0 amide bonds. The number of Topliss-reactive ketones (excluding diaryl/α,β-unsaturated/α-hetero) is 1. The molecule has 3 nitrogen and oxygen atoms in total. The molecule has 2 aromatic rings. The highest BCUT2D eigenvalue weighted by Crippen LogP contribution is 2.25. The van der Waals surface area contributed by atoms with Gasteiger partial charge in [0.15, 0.2) is 5.78 Å². The maximum atomic E-state index is 12.6. The van der Waals surface area contributed by atoms with Crippen LogP contribution in [0.2, 0.25) is 0 Å². The highest BCUT2D eigenvalue weighted by molar-refractivity contribution is 5.99. The summed E-state index contributed by atoms with van der Waals surface area (Å²) in [6, 6.07) is 13.7. The van der Waals surface area contributed by atoms with Crippen LogP contribution in [0, 0.1) is 13.8 Å². The van der Waals surface area contributed by atoms with E-state index in [-0.39, 0.29) is 5.78 Å². The van der Waals surface area contributed by atoms with Crippen LogP contribution in [0.5, 0.6) is 0 Å². The second-order valence-corrected chi connectivity index (χ2v) is 5.79. The average molecular weight is 308 g/mol. The summed E-state index contributed by atoms with van der Waals surface area (Å²) in [6.07, 6.45) is 2.26. The normalized spacial score (nSPS) is 11.0. The molecule has 0 aromatic heterocycles. The van der Waals surface area contributed by atoms with Crippen molar-refractivity contribution >= 4 is 17.8 Å². The van der Waals surface area contributed by atoms with Gasteiger partial charge < -0.3 is 4.90 Å². The quantitative estimate of drug-likeness (QED) is 0.452. The van der Waals surface area contributed by atoms with Gasteiger partial charge in [0.05, 0.1) is 12.0 Å². The zero-order valence-corrected chi connectivity index (χ0v) is 14.3. The van der Waals surface area contributed by atoms with Gasteiger partial charge in [0.2, 0.25) is 0 Å². The van der Waals surface area contributed by atoms with Gasteiger partial charge in [-0.3, -0.25) is 4.79 Å². The number of ketones is 1. The summed E-state index contributed by atoms with van der Waals surface area (Å²) in [6.45, 7) is 7.01. The Morgan fingerprint density at radius 3 is 2.43 bits per heavy atom. The van der Waals surface area contributed by atoms with E-state index in [0.29, 0.717) is 6.42 Å². The standard InChI is InChI=1S/C20H24N2O/c1-5-22(4)14-21-19-12-11-18(15(2)16(19)3)20(23)13-17-9-7-6-8-10-17/h6-12,14H,5,13H2,1-4H3. The minimum atomic E-state index is 0.151. The summed E-state index contributed by atoms with van der Waals surface area (Å²) >= 11 is 0. The molecular formula is C20H24N2O. The first kappa shape index (κ1) is 16.9. The Morgan fingerprint density at radius 2 is 1.78 bits per heavy atom. The Balaban J connectivity index is 2.23. The number of carbonyl (C=O) groups is 1. The van der Waals surface area contributed by atoms with Crippen molar-refractivity contribution in [2.24, 2.45) is 4.99 Å². The molecule has 2 aromatic carbocycles. The number of benzene rings is 2. The molecule has 0 aliphatic rings. The van der Waals surface area contributed by atoms with Crippen LogP contribution in [0.4, 0.5) is 5.69 Å². The summed E-state index contributed by atoms with van der Waals surface area (Å²) in [7, 11) is 1.99. The third kappa shape index (κ3) is 4.28. The fourth-order valence-electron chi connectivity index (χ4n) is 2.37. The SMILES string of the molecule is CCN(C)C=Nc1ccc(C(=O)Cc2ccccc2)c(C)c1C. The van der Waals surface area contributed by atoms with Gasteiger partial charge in [-0.15, -0.1) is 0 Å². The molecule has 2 rings (SSSR count). The number of hydrogen-bond donors (Lipinski definition) is 0. The molecule has 0 bridgehead atoms. The summed E-state index contributed by atoms with van der Waals surface area (Å²) < 4.78 is 0. The van der Waals surface area contributed by atoms with Gasteiger partial charge >= 0.3 is 0 Å². The number of aliphatic imine (C=N–C) groups is 1. The van der Waals surface area contributed by atoms with Crippen LogP contribution in [0.3, 0.4) is 0 Å². The first-order chi connectivity index (χ1) is 11.0. The molecule has 0 fully saturated rings. The van der Waals surface area contributed by atoms with Crippen molar-refractivity contribution in [2.45, 2.75) is 27.2 Å². The molecule has 120 valence electrons. The smallest absolute Gasteiger partial charge is 0.167 e. The van der Waals surface area contributed by atoms with Crippen molar-refractivity contribution in [1.82, 2.24) is 4.90 Å². The largest absolute Gasteiger partial charge is 0.366 e. The zero-order valence-electron chi connectivity index (χ0n) is 14.3. The van der Waals surface area contributed by atoms with Crippen molar-refractivity contribution in [1.29, 1.82) is 0 Å². The van der Waals surface area contributed by atoms with Crippen molar-refractivity contribution in [2.75, 3.05) is 13.6 Å². The Morgan fingerprint density at radius 1 is 1.09 bits per heavy atom. The molecule has 0 saturated carbocycles. The number of rotatable bonds is 6. The van der Waals surface area contributed by atoms with E-state index in [1.54, 1.807) is 0 Å². The molecule has 0 unspecified atom stereocenters. The van der Waals surface area contributed by atoms with Crippen LogP contribution in [0.1, 0.15) is 34.0 Å². The van der Waals surface area contributed by atoms with Crippen LogP contribution in [0.15, 0.2) is 47.5 Å². The number of carbonyl (C=O) groups excluding carboxylic acids is 1. The molecule has 0 spiro atoms. The fraction of sp³-hybridized carbons (Fsp3) is 0.300. The third-order valence-corrected chi connectivity index (χ3v) is 4.16. The molecule has 0 saturated heterocycles. The molecular weight excluding hydrogens is 284 g/mol. The molecule has 0 aliphatic heterocycles. The third-order valence-electron chi connectivity index (χ3n) is 4.16. The van der Waals surface area contributed by atoms with Gasteiger partial charge in [-0.05, 0) is 49.6 Å². The predicted octanol–water partition coefficient (Wildman–Crippen LogP) is 4.34. The van der Waals surface area contributed by atoms with Gasteiger partial charge in [0.25, 0.3) is 0 Å². The Bertz CT molecular complexity index is 705. The van der Waals surface area contributed by atoms with Crippen LogP contribution in [-0.4, -0.2) is 30.6 Å². The lowest BCUT2D eigenvalue weighted by molar-refractivity contribution is 0.0992. The summed E-state index contributed by atoms with van der Waals surface area (Å²) in [5, 5.41) is 0. The average Bonchev–Trinajstić information content (AvgIpc) is 2.56. The van der Waals surface area contributed by atoms with E-state index >= 15 is 0 Å². The van der Waals surface area contributed by atoms with Crippen molar-refractivity contribution in [3.8, 4) is 0 Å². The maximum absolute atomic E-state index is 12.6. The molecule has 0 aliphatic carbocycles. The van der Waals surface area contributed by atoms with Gasteiger partial charge in [-0.2, -0.15) is 0 Å². The first-order valence-corrected chi connectivity index (χ1v) is 7.94. The lowest BCUT2D eigenvalue weighted by Gasteiger charge is -2.12. The molecule has 3 heteroatoms. The Kier molecular flexibility index (Phi) is 5.69. The van der Waals surface area contributed by atoms with E-state index in [2.05, 4.69) is 11.9 Å². The molecule has 23 heavy (non-hydrogen) atoms. The topological polar surface area (TPSA) is 32.7 Å². The maximum Gasteiger partial charge on any atom is 0.167 e. The van der Waals surface area contributed by atoms with E-state index in [9.17, 15) is 4.79 Å². The van der Waals surface area contributed by atoms with Crippen LogP contribution in [0.25, 0.3) is 0 Å². The fourth-order valence-corrected chi connectivity index (χ4v) is 2.37. The predicted molar refractivity (Wildman–Crippen MR) is 96.8 cm³/mol. The van der Waals surface area contributed by atoms with Gasteiger partial charge in [-0.25, -0.2) is 4.99 Å². The van der Waals surface area contributed by atoms with Crippen molar-refractivity contribution < 1.29 is 4.79 Å². The van der Waals surface area contributed by atoms with E-state index < -0.39 is 0 Å². The highest BCUT2D eigenvalue weighted by Gasteiger charge is 2.13. The lowest BCUT2D eigenvalue weighted by Crippen LogP contribution is -2.14.